The van der Waals surface area contributed by atoms with Gasteiger partial charge in [0.1, 0.15) is 11.8 Å². The second kappa shape index (κ2) is 4.96. The topological polar surface area (TPSA) is 21.3 Å². The lowest BCUT2D eigenvalue weighted by Crippen LogP contribution is -2.31. The molecule has 0 aliphatic heterocycles. The Morgan fingerprint density at radius 1 is 1.18 bits per heavy atom. The number of alkyl halides is 3. The summed E-state index contributed by atoms with van der Waals surface area (Å²) in [7, 11) is 2.81. The van der Waals surface area contributed by atoms with Crippen LogP contribution in [0.4, 0.5) is 13.2 Å². The van der Waals surface area contributed by atoms with Gasteiger partial charge in [0.15, 0.2) is 0 Å². The SMILES string of the molecule is CNC(c1cc(C)c(OC)c(C)c1)C(F)(F)F. The van der Waals surface area contributed by atoms with Crippen molar-refractivity contribution in [2.24, 2.45) is 0 Å². The lowest BCUT2D eigenvalue weighted by molar-refractivity contribution is -0.156. The van der Waals surface area contributed by atoms with Crippen LogP contribution in [-0.4, -0.2) is 20.3 Å². The number of aryl methyl sites for hydroxylation is 2. The van der Waals surface area contributed by atoms with Gasteiger partial charge in [-0.25, -0.2) is 0 Å². The number of ether oxygens (including phenoxy) is 1. The summed E-state index contributed by atoms with van der Waals surface area (Å²) in [4.78, 5) is 0. The number of hydrogen-bond donors (Lipinski definition) is 1. The largest absolute Gasteiger partial charge is 0.496 e. The molecule has 2 nitrogen and oxygen atoms in total. The lowest BCUT2D eigenvalue weighted by Gasteiger charge is -2.21. The smallest absolute Gasteiger partial charge is 0.407 e. The summed E-state index contributed by atoms with van der Waals surface area (Å²) in [5.74, 6) is 0.630. The fourth-order valence-electron chi connectivity index (χ4n) is 1.99. The number of rotatable bonds is 3. The lowest BCUT2D eigenvalue weighted by atomic mass is 10.00. The summed E-state index contributed by atoms with van der Waals surface area (Å²) < 4.78 is 43.4. The van der Waals surface area contributed by atoms with E-state index >= 15 is 0 Å². The zero-order valence-corrected chi connectivity index (χ0v) is 10.3. The van der Waals surface area contributed by atoms with Gasteiger partial charge >= 0.3 is 6.18 Å². The number of nitrogens with one attached hydrogen (secondary N) is 1. The molecule has 1 aromatic carbocycles. The average Bonchev–Trinajstić information content (AvgIpc) is 2.15. The Morgan fingerprint density at radius 2 is 1.65 bits per heavy atom. The number of hydrogen-bond acceptors (Lipinski definition) is 2. The third kappa shape index (κ3) is 2.91. The molecule has 96 valence electrons. The van der Waals surface area contributed by atoms with E-state index in [2.05, 4.69) is 5.32 Å². The molecule has 5 heteroatoms. The first-order chi connectivity index (χ1) is 7.81. The van der Waals surface area contributed by atoms with Crippen LogP contribution in [0.25, 0.3) is 0 Å². The molecule has 0 saturated carbocycles. The summed E-state index contributed by atoms with van der Waals surface area (Å²) in [5.41, 5.74) is 1.61. The molecule has 1 atom stereocenters. The Labute approximate surface area is 98.8 Å². The van der Waals surface area contributed by atoms with Crippen LogP contribution in [0.3, 0.4) is 0 Å². The molecular formula is C12H16F3NO. The van der Waals surface area contributed by atoms with E-state index in [0.29, 0.717) is 16.9 Å². The summed E-state index contributed by atoms with van der Waals surface area (Å²) in [5, 5.41) is 2.28. The Bertz CT molecular complexity index is 378. The van der Waals surface area contributed by atoms with Crippen molar-refractivity contribution < 1.29 is 17.9 Å². The minimum absolute atomic E-state index is 0.204. The molecule has 1 unspecified atom stereocenters. The van der Waals surface area contributed by atoms with Gasteiger partial charge in [0.2, 0.25) is 0 Å². The molecule has 0 aliphatic rings. The first-order valence-corrected chi connectivity index (χ1v) is 5.20. The van der Waals surface area contributed by atoms with E-state index in [9.17, 15) is 13.2 Å². The van der Waals surface area contributed by atoms with E-state index in [-0.39, 0.29) is 5.56 Å². The van der Waals surface area contributed by atoms with E-state index in [1.807, 2.05) is 0 Å². The molecule has 0 fully saturated rings. The fourth-order valence-corrected chi connectivity index (χ4v) is 1.99. The van der Waals surface area contributed by atoms with Crippen LogP contribution in [0, 0.1) is 13.8 Å². The molecular weight excluding hydrogens is 231 g/mol. The molecule has 0 bridgehead atoms. The fraction of sp³-hybridized carbons (Fsp3) is 0.500. The van der Waals surface area contributed by atoms with E-state index in [0.717, 1.165) is 0 Å². The Morgan fingerprint density at radius 3 is 1.94 bits per heavy atom. The third-order valence-electron chi connectivity index (χ3n) is 2.64. The van der Waals surface area contributed by atoms with Gasteiger partial charge in [-0.1, -0.05) is 12.1 Å². The number of benzene rings is 1. The molecule has 0 saturated heterocycles. The standard InChI is InChI=1S/C12H16F3NO/c1-7-5-9(6-8(2)10(7)17-4)11(16-3)12(13,14)15/h5-6,11,16H,1-4H3. The van der Waals surface area contributed by atoms with Crippen molar-refractivity contribution in [3.63, 3.8) is 0 Å². The number of halogens is 3. The molecule has 17 heavy (non-hydrogen) atoms. The first-order valence-electron chi connectivity index (χ1n) is 5.20. The summed E-state index contributed by atoms with van der Waals surface area (Å²) >= 11 is 0. The Kier molecular flexibility index (Phi) is 4.03. The summed E-state index contributed by atoms with van der Waals surface area (Å²) in [6.07, 6.45) is -4.30. The summed E-state index contributed by atoms with van der Waals surface area (Å²) in [6.45, 7) is 3.47. The van der Waals surface area contributed by atoms with Crippen molar-refractivity contribution in [2.45, 2.75) is 26.1 Å². The molecule has 1 aromatic rings. The maximum atomic E-state index is 12.8. The zero-order chi connectivity index (χ0) is 13.2. The van der Waals surface area contributed by atoms with Crippen molar-refractivity contribution >= 4 is 0 Å². The van der Waals surface area contributed by atoms with Crippen molar-refractivity contribution in [3.8, 4) is 5.75 Å². The zero-order valence-electron chi connectivity index (χ0n) is 10.3. The van der Waals surface area contributed by atoms with Crippen LogP contribution in [0.5, 0.6) is 5.75 Å². The normalized spacial score (nSPS) is 13.6. The molecule has 0 amide bonds. The highest BCUT2D eigenvalue weighted by atomic mass is 19.4. The molecule has 0 spiro atoms. The van der Waals surface area contributed by atoms with Gasteiger partial charge in [0.05, 0.1) is 7.11 Å². The van der Waals surface area contributed by atoms with E-state index in [4.69, 9.17) is 4.74 Å². The summed E-state index contributed by atoms with van der Waals surface area (Å²) in [6, 6.07) is 1.35. The van der Waals surface area contributed by atoms with Gasteiger partial charge in [-0.3, -0.25) is 0 Å². The van der Waals surface area contributed by atoms with Crippen LogP contribution in [0.1, 0.15) is 22.7 Å². The molecule has 1 N–H and O–H groups in total. The molecule has 0 heterocycles. The van der Waals surface area contributed by atoms with Gasteiger partial charge < -0.3 is 10.1 Å². The average molecular weight is 247 g/mol. The van der Waals surface area contributed by atoms with E-state index < -0.39 is 12.2 Å². The highest BCUT2D eigenvalue weighted by molar-refractivity contribution is 5.44. The highest BCUT2D eigenvalue weighted by Crippen LogP contribution is 2.35. The second-order valence-corrected chi connectivity index (χ2v) is 3.95. The predicted molar refractivity (Wildman–Crippen MR) is 60.3 cm³/mol. The van der Waals surface area contributed by atoms with Gasteiger partial charge in [-0.15, -0.1) is 0 Å². The number of methoxy groups -OCH3 is 1. The molecule has 0 aliphatic carbocycles. The predicted octanol–water partition coefficient (Wildman–Crippen LogP) is 3.13. The second-order valence-electron chi connectivity index (χ2n) is 3.95. The molecule has 1 rings (SSSR count). The van der Waals surface area contributed by atoms with Crippen molar-refractivity contribution in [1.82, 2.24) is 5.32 Å². The minimum Gasteiger partial charge on any atom is -0.496 e. The van der Waals surface area contributed by atoms with Gasteiger partial charge in [-0.2, -0.15) is 13.2 Å². The van der Waals surface area contributed by atoms with Crippen molar-refractivity contribution in [2.75, 3.05) is 14.2 Å². The highest BCUT2D eigenvalue weighted by Gasteiger charge is 2.39. The van der Waals surface area contributed by atoms with Gasteiger partial charge in [0, 0.05) is 0 Å². The monoisotopic (exact) mass is 247 g/mol. The first kappa shape index (κ1) is 13.8. The van der Waals surface area contributed by atoms with Crippen LogP contribution in [0.15, 0.2) is 12.1 Å². The quantitative estimate of drug-likeness (QED) is 0.886. The van der Waals surface area contributed by atoms with Crippen molar-refractivity contribution in [1.29, 1.82) is 0 Å². The van der Waals surface area contributed by atoms with Gasteiger partial charge in [-0.05, 0) is 37.6 Å². The van der Waals surface area contributed by atoms with E-state index in [1.165, 1.54) is 26.3 Å². The van der Waals surface area contributed by atoms with Crippen LogP contribution < -0.4 is 10.1 Å². The van der Waals surface area contributed by atoms with Crippen molar-refractivity contribution in [3.05, 3.63) is 28.8 Å². The van der Waals surface area contributed by atoms with Crippen LogP contribution in [0.2, 0.25) is 0 Å². The molecule has 0 radical (unpaired) electrons. The maximum absolute atomic E-state index is 12.8. The molecule has 0 aromatic heterocycles. The minimum atomic E-state index is -4.30. The maximum Gasteiger partial charge on any atom is 0.407 e. The third-order valence-corrected chi connectivity index (χ3v) is 2.64. The van der Waals surface area contributed by atoms with Gasteiger partial charge in [0.25, 0.3) is 0 Å². The van der Waals surface area contributed by atoms with Crippen LogP contribution in [-0.2, 0) is 0 Å². The van der Waals surface area contributed by atoms with E-state index in [1.54, 1.807) is 13.8 Å². The Hall–Kier alpha value is -1.23. The Balaban J connectivity index is 3.24. The van der Waals surface area contributed by atoms with Crippen LogP contribution >= 0.6 is 0 Å².